The Balaban J connectivity index is 2.29. The molecule has 0 aliphatic heterocycles. The summed E-state index contributed by atoms with van der Waals surface area (Å²) in [6.45, 7) is 0.575. The summed E-state index contributed by atoms with van der Waals surface area (Å²) in [5, 5.41) is 5.60. The molecule has 1 heterocycles. The SMILES string of the molecule is NCC1CCCc2sc(CS(N)(=O)=O)nc21. The standard InChI is InChI=1S/C9H15N3O2S2/c10-4-6-2-1-3-7-9(6)12-8(15-7)5-16(11,13)14/h6H,1-5,10H2,(H2,11,13,14). The lowest BCUT2D eigenvalue weighted by Crippen LogP contribution is -2.18. The van der Waals surface area contributed by atoms with E-state index in [9.17, 15) is 8.42 Å². The molecule has 90 valence electrons. The van der Waals surface area contributed by atoms with E-state index in [2.05, 4.69) is 4.98 Å². The molecule has 0 radical (unpaired) electrons. The van der Waals surface area contributed by atoms with Gasteiger partial charge in [0.2, 0.25) is 10.0 Å². The van der Waals surface area contributed by atoms with Crippen molar-refractivity contribution in [3.8, 4) is 0 Å². The fraction of sp³-hybridized carbons (Fsp3) is 0.667. The van der Waals surface area contributed by atoms with Crippen LogP contribution in [0.1, 0.15) is 34.3 Å². The number of sulfonamides is 1. The second-order valence-electron chi connectivity index (χ2n) is 4.05. The molecule has 1 aromatic rings. The van der Waals surface area contributed by atoms with Crippen LogP contribution in [0, 0.1) is 0 Å². The highest BCUT2D eigenvalue weighted by atomic mass is 32.2. The van der Waals surface area contributed by atoms with Gasteiger partial charge in [-0.25, -0.2) is 18.5 Å². The van der Waals surface area contributed by atoms with Crippen LogP contribution >= 0.6 is 11.3 Å². The Morgan fingerprint density at radius 2 is 2.25 bits per heavy atom. The summed E-state index contributed by atoms with van der Waals surface area (Å²) in [7, 11) is -3.48. The summed E-state index contributed by atoms with van der Waals surface area (Å²) >= 11 is 1.46. The minimum Gasteiger partial charge on any atom is -0.330 e. The van der Waals surface area contributed by atoms with Gasteiger partial charge in [0.05, 0.1) is 5.69 Å². The van der Waals surface area contributed by atoms with Crippen molar-refractivity contribution >= 4 is 21.4 Å². The number of nitrogens with zero attached hydrogens (tertiary/aromatic N) is 1. The lowest BCUT2D eigenvalue weighted by Gasteiger charge is -2.18. The Hall–Kier alpha value is -0.500. The molecule has 16 heavy (non-hydrogen) atoms. The fourth-order valence-electron chi connectivity index (χ4n) is 2.02. The van der Waals surface area contributed by atoms with Gasteiger partial charge in [0.15, 0.2) is 0 Å². The van der Waals surface area contributed by atoms with Gasteiger partial charge in [0, 0.05) is 17.3 Å². The highest BCUT2D eigenvalue weighted by Gasteiger charge is 2.24. The smallest absolute Gasteiger partial charge is 0.215 e. The van der Waals surface area contributed by atoms with Crippen molar-refractivity contribution in [2.24, 2.45) is 10.9 Å². The van der Waals surface area contributed by atoms with Gasteiger partial charge >= 0.3 is 0 Å². The van der Waals surface area contributed by atoms with Crippen LogP contribution in [0.5, 0.6) is 0 Å². The maximum absolute atomic E-state index is 11.0. The molecule has 1 aliphatic carbocycles. The van der Waals surface area contributed by atoms with Gasteiger partial charge in [0.25, 0.3) is 0 Å². The Bertz CT molecular complexity index is 481. The maximum atomic E-state index is 11.0. The Labute approximate surface area is 98.9 Å². The van der Waals surface area contributed by atoms with E-state index in [0.717, 1.165) is 25.0 Å². The number of fused-ring (bicyclic) bond motifs is 1. The molecule has 0 amide bonds. The minimum absolute atomic E-state index is 0.165. The normalized spacial score (nSPS) is 20.8. The van der Waals surface area contributed by atoms with Crippen LogP contribution in [0.2, 0.25) is 0 Å². The molecule has 0 saturated carbocycles. The van der Waals surface area contributed by atoms with Crippen LogP contribution in [-0.4, -0.2) is 19.9 Å². The maximum Gasteiger partial charge on any atom is 0.215 e. The van der Waals surface area contributed by atoms with E-state index in [-0.39, 0.29) is 11.7 Å². The Morgan fingerprint density at radius 1 is 1.50 bits per heavy atom. The minimum atomic E-state index is -3.48. The van der Waals surface area contributed by atoms with Crippen LogP contribution in [0.25, 0.3) is 0 Å². The van der Waals surface area contributed by atoms with Gasteiger partial charge in [-0.2, -0.15) is 0 Å². The largest absolute Gasteiger partial charge is 0.330 e. The third-order valence-electron chi connectivity index (χ3n) is 2.72. The molecule has 5 nitrogen and oxygen atoms in total. The average molecular weight is 261 g/mol. The molecule has 4 N–H and O–H groups in total. The van der Waals surface area contributed by atoms with Crippen LogP contribution < -0.4 is 10.9 Å². The van der Waals surface area contributed by atoms with Crippen molar-refractivity contribution in [1.29, 1.82) is 0 Å². The number of hydrogen-bond acceptors (Lipinski definition) is 5. The van der Waals surface area contributed by atoms with Crippen molar-refractivity contribution in [3.05, 3.63) is 15.6 Å². The molecule has 7 heteroatoms. The van der Waals surface area contributed by atoms with Crippen molar-refractivity contribution in [2.45, 2.75) is 30.9 Å². The first-order valence-electron chi connectivity index (χ1n) is 5.18. The second-order valence-corrected chi connectivity index (χ2v) is 6.83. The number of rotatable bonds is 3. The lowest BCUT2D eigenvalue weighted by atomic mass is 9.91. The fourth-order valence-corrected chi connectivity index (χ4v) is 4.15. The number of thiazole rings is 1. The zero-order valence-corrected chi connectivity index (χ0v) is 10.5. The molecule has 1 aliphatic rings. The topological polar surface area (TPSA) is 99.1 Å². The Kier molecular flexibility index (Phi) is 3.29. The third kappa shape index (κ3) is 2.60. The van der Waals surface area contributed by atoms with E-state index < -0.39 is 10.0 Å². The summed E-state index contributed by atoms with van der Waals surface area (Å²) in [6.07, 6.45) is 3.13. The first-order chi connectivity index (χ1) is 7.49. The molecule has 0 spiro atoms. The number of hydrogen-bond donors (Lipinski definition) is 2. The van der Waals surface area contributed by atoms with Crippen molar-refractivity contribution < 1.29 is 8.42 Å². The van der Waals surface area contributed by atoms with Gasteiger partial charge in [0.1, 0.15) is 10.8 Å². The highest BCUT2D eigenvalue weighted by Crippen LogP contribution is 2.34. The van der Waals surface area contributed by atoms with Crippen LogP contribution in [0.15, 0.2) is 0 Å². The van der Waals surface area contributed by atoms with Crippen LogP contribution in [-0.2, 0) is 22.2 Å². The van der Waals surface area contributed by atoms with Gasteiger partial charge in [-0.1, -0.05) is 0 Å². The average Bonchev–Trinajstić information content (AvgIpc) is 2.56. The van der Waals surface area contributed by atoms with Gasteiger partial charge in [-0.05, 0) is 19.3 Å². The summed E-state index contributed by atoms with van der Waals surface area (Å²) in [6, 6.07) is 0. The summed E-state index contributed by atoms with van der Waals surface area (Å²) < 4.78 is 22.0. The molecule has 0 bridgehead atoms. The summed E-state index contributed by atoms with van der Waals surface area (Å²) in [5.74, 6) is 0.122. The number of aromatic nitrogens is 1. The number of aryl methyl sites for hydroxylation is 1. The first kappa shape index (κ1) is 12.0. The number of primary sulfonamides is 1. The second kappa shape index (κ2) is 4.40. The summed E-state index contributed by atoms with van der Waals surface area (Å²) in [5.41, 5.74) is 6.67. The van der Waals surface area contributed by atoms with E-state index in [4.69, 9.17) is 10.9 Å². The van der Waals surface area contributed by atoms with Crippen molar-refractivity contribution in [1.82, 2.24) is 4.98 Å². The van der Waals surface area contributed by atoms with Gasteiger partial charge in [-0.3, -0.25) is 0 Å². The molecule has 0 fully saturated rings. The van der Waals surface area contributed by atoms with Gasteiger partial charge < -0.3 is 5.73 Å². The summed E-state index contributed by atoms with van der Waals surface area (Å²) in [4.78, 5) is 5.55. The molecule has 0 aromatic carbocycles. The van der Waals surface area contributed by atoms with E-state index in [0.29, 0.717) is 11.6 Å². The third-order valence-corrected chi connectivity index (χ3v) is 4.71. The van der Waals surface area contributed by atoms with Crippen molar-refractivity contribution in [3.63, 3.8) is 0 Å². The molecule has 0 saturated heterocycles. The van der Waals surface area contributed by atoms with E-state index in [1.807, 2.05) is 0 Å². The van der Waals surface area contributed by atoms with E-state index in [1.165, 1.54) is 16.2 Å². The van der Waals surface area contributed by atoms with Crippen LogP contribution in [0.4, 0.5) is 0 Å². The molecule has 1 atom stereocenters. The monoisotopic (exact) mass is 261 g/mol. The molecule has 2 rings (SSSR count). The number of nitrogens with two attached hydrogens (primary N) is 2. The molecular weight excluding hydrogens is 246 g/mol. The van der Waals surface area contributed by atoms with Crippen LogP contribution in [0.3, 0.4) is 0 Å². The zero-order chi connectivity index (χ0) is 11.8. The predicted octanol–water partition coefficient (Wildman–Crippen LogP) is 0.310. The quantitative estimate of drug-likeness (QED) is 0.818. The lowest BCUT2D eigenvalue weighted by molar-refractivity contribution is 0.553. The van der Waals surface area contributed by atoms with Crippen molar-refractivity contribution in [2.75, 3.05) is 6.54 Å². The zero-order valence-electron chi connectivity index (χ0n) is 8.85. The first-order valence-corrected chi connectivity index (χ1v) is 7.72. The van der Waals surface area contributed by atoms with Gasteiger partial charge in [-0.15, -0.1) is 11.3 Å². The predicted molar refractivity (Wildman–Crippen MR) is 63.7 cm³/mol. The highest BCUT2D eigenvalue weighted by molar-refractivity contribution is 7.88. The molecule has 1 unspecified atom stereocenters. The van der Waals surface area contributed by atoms with E-state index in [1.54, 1.807) is 0 Å². The molecular formula is C9H15N3O2S2. The van der Waals surface area contributed by atoms with E-state index >= 15 is 0 Å². The Morgan fingerprint density at radius 3 is 2.88 bits per heavy atom. The molecule has 1 aromatic heterocycles.